The first-order valence-corrected chi connectivity index (χ1v) is 6.15. The van der Waals surface area contributed by atoms with Crippen molar-refractivity contribution in [3.8, 4) is 5.75 Å². The van der Waals surface area contributed by atoms with Gasteiger partial charge in [0.05, 0.1) is 0 Å². The quantitative estimate of drug-likeness (QED) is 0.458. The number of hydrogen-bond donors (Lipinski definition) is 0. The molecule has 20 heavy (non-hydrogen) atoms. The van der Waals surface area contributed by atoms with E-state index in [4.69, 9.17) is 0 Å². The van der Waals surface area contributed by atoms with Gasteiger partial charge in [0.2, 0.25) is 0 Å². The fraction of sp³-hybridized carbons (Fsp3) is 0.429. The van der Waals surface area contributed by atoms with Crippen LogP contribution in [0.3, 0.4) is 0 Å². The highest BCUT2D eigenvalue weighted by atomic mass is 19.4. The number of halogens is 3. The van der Waals surface area contributed by atoms with Gasteiger partial charge in [0.15, 0.2) is 0 Å². The third-order valence-corrected chi connectivity index (χ3v) is 2.69. The summed E-state index contributed by atoms with van der Waals surface area (Å²) in [6, 6.07) is 6.18. The second kappa shape index (κ2) is 7.07. The minimum atomic E-state index is -4.58. The monoisotopic (exact) mass is 288 g/mol. The molecule has 1 atom stereocenters. The number of esters is 1. The Labute approximate surface area is 114 Å². The highest BCUT2D eigenvalue weighted by Crippen LogP contribution is 2.22. The predicted octanol–water partition coefficient (Wildman–Crippen LogP) is 3.31. The topological polar surface area (TPSA) is 43.4 Å². The van der Waals surface area contributed by atoms with E-state index in [0.29, 0.717) is 12.8 Å². The average molecular weight is 288 g/mol. The predicted molar refractivity (Wildman–Crippen MR) is 66.3 cm³/mol. The summed E-state index contributed by atoms with van der Waals surface area (Å²) in [6.45, 7) is 1.87. The molecule has 6 heteroatoms. The number of ether oxygens (including phenoxy) is 1. The van der Waals surface area contributed by atoms with Crippen molar-refractivity contribution in [3.05, 3.63) is 29.8 Å². The lowest BCUT2D eigenvalue weighted by atomic mass is 9.98. The third kappa shape index (κ3) is 5.86. The minimum absolute atomic E-state index is 0.0532. The summed E-state index contributed by atoms with van der Waals surface area (Å²) in [5.41, 5.74) is 0.737. The summed E-state index contributed by atoms with van der Waals surface area (Å²) in [5.74, 6) is -1.45. The first-order chi connectivity index (χ1) is 9.34. The number of aldehydes is 1. The summed E-state index contributed by atoms with van der Waals surface area (Å²) in [7, 11) is 0. The Morgan fingerprint density at radius 2 is 2.10 bits per heavy atom. The summed E-state index contributed by atoms with van der Waals surface area (Å²) >= 11 is 0. The molecule has 1 rings (SSSR count). The van der Waals surface area contributed by atoms with Gasteiger partial charge in [-0.25, -0.2) is 0 Å². The maximum absolute atomic E-state index is 12.0. The van der Waals surface area contributed by atoms with E-state index in [1.807, 2.05) is 6.92 Å². The van der Waals surface area contributed by atoms with Crippen molar-refractivity contribution in [2.75, 3.05) is 0 Å². The molecular weight excluding hydrogens is 273 g/mol. The highest BCUT2D eigenvalue weighted by Gasteiger charge is 2.32. The maximum atomic E-state index is 12.0. The van der Waals surface area contributed by atoms with Crippen molar-refractivity contribution in [2.24, 2.45) is 5.92 Å². The van der Waals surface area contributed by atoms with Crippen molar-refractivity contribution in [1.82, 2.24) is 0 Å². The van der Waals surface area contributed by atoms with Crippen molar-refractivity contribution in [1.29, 1.82) is 0 Å². The molecule has 0 saturated carbocycles. The third-order valence-electron chi connectivity index (χ3n) is 2.69. The number of carbonyl (C=O) groups excluding carboxylic acids is 2. The normalized spacial score (nSPS) is 12.8. The fourth-order valence-corrected chi connectivity index (χ4v) is 1.66. The molecule has 0 bridgehead atoms. The van der Waals surface area contributed by atoms with Gasteiger partial charge in [-0.15, -0.1) is 0 Å². The van der Waals surface area contributed by atoms with Gasteiger partial charge in [0.25, 0.3) is 0 Å². The van der Waals surface area contributed by atoms with Crippen LogP contribution in [0.15, 0.2) is 24.3 Å². The molecule has 0 aromatic heterocycles. The van der Waals surface area contributed by atoms with E-state index in [1.165, 1.54) is 12.1 Å². The van der Waals surface area contributed by atoms with Crippen LogP contribution in [0.5, 0.6) is 5.75 Å². The van der Waals surface area contributed by atoms with E-state index in [-0.39, 0.29) is 11.7 Å². The summed E-state index contributed by atoms with van der Waals surface area (Å²) in [4.78, 5) is 21.8. The van der Waals surface area contributed by atoms with E-state index >= 15 is 0 Å². The molecule has 0 aliphatic carbocycles. The molecule has 0 aliphatic heterocycles. The van der Waals surface area contributed by atoms with Crippen molar-refractivity contribution in [3.63, 3.8) is 0 Å². The van der Waals surface area contributed by atoms with Crippen LogP contribution in [0.2, 0.25) is 0 Å². The van der Waals surface area contributed by atoms with Gasteiger partial charge in [-0.3, -0.25) is 4.79 Å². The Morgan fingerprint density at radius 3 is 2.65 bits per heavy atom. The summed E-state index contributed by atoms with van der Waals surface area (Å²) < 4.78 is 40.7. The zero-order valence-corrected chi connectivity index (χ0v) is 10.9. The molecule has 110 valence electrons. The molecule has 1 aromatic carbocycles. The minimum Gasteiger partial charge on any atom is -0.426 e. The molecule has 0 spiro atoms. The molecule has 1 aromatic rings. The zero-order valence-electron chi connectivity index (χ0n) is 10.9. The molecule has 0 amide bonds. The number of rotatable bonds is 6. The molecular formula is C14H15F3O3. The van der Waals surface area contributed by atoms with Crippen molar-refractivity contribution >= 4 is 12.3 Å². The Kier molecular flexibility index (Phi) is 5.73. The summed E-state index contributed by atoms with van der Waals surface area (Å²) in [5, 5.41) is 0. The first-order valence-electron chi connectivity index (χ1n) is 6.15. The van der Waals surface area contributed by atoms with Crippen LogP contribution in [-0.2, 0) is 16.0 Å². The van der Waals surface area contributed by atoms with Gasteiger partial charge in [-0.2, -0.15) is 13.2 Å². The van der Waals surface area contributed by atoms with Crippen molar-refractivity contribution in [2.45, 2.75) is 32.4 Å². The maximum Gasteiger partial charge on any atom is 0.399 e. The first kappa shape index (κ1) is 16.2. The summed E-state index contributed by atoms with van der Waals surface area (Å²) in [6.07, 6.45) is -4.24. The van der Waals surface area contributed by atoms with Crippen LogP contribution in [0.4, 0.5) is 13.2 Å². The molecule has 0 heterocycles. The SMILES string of the molecule is CCC(C=O)Cc1cccc(OC(=O)CC(F)(F)F)c1. The molecule has 0 N–H and O–H groups in total. The lowest BCUT2D eigenvalue weighted by Crippen LogP contribution is -2.19. The molecule has 0 fully saturated rings. The highest BCUT2D eigenvalue weighted by molar-refractivity contribution is 5.73. The van der Waals surface area contributed by atoms with Crippen LogP contribution in [0, 0.1) is 5.92 Å². The van der Waals surface area contributed by atoms with Crippen LogP contribution < -0.4 is 4.74 Å². The molecule has 1 unspecified atom stereocenters. The van der Waals surface area contributed by atoms with E-state index in [9.17, 15) is 22.8 Å². The van der Waals surface area contributed by atoms with Gasteiger partial charge in [-0.1, -0.05) is 19.1 Å². The lowest BCUT2D eigenvalue weighted by Gasteiger charge is -2.10. The van der Waals surface area contributed by atoms with Gasteiger partial charge >= 0.3 is 12.1 Å². The second-order valence-corrected chi connectivity index (χ2v) is 4.42. The number of carbonyl (C=O) groups is 2. The zero-order chi connectivity index (χ0) is 15.2. The van der Waals surface area contributed by atoms with E-state index < -0.39 is 18.6 Å². The van der Waals surface area contributed by atoms with Gasteiger partial charge in [0, 0.05) is 5.92 Å². The smallest absolute Gasteiger partial charge is 0.399 e. The van der Waals surface area contributed by atoms with Gasteiger partial charge in [-0.05, 0) is 30.5 Å². The Morgan fingerprint density at radius 1 is 1.40 bits per heavy atom. The number of hydrogen-bond acceptors (Lipinski definition) is 3. The van der Waals surface area contributed by atoms with Gasteiger partial charge < -0.3 is 9.53 Å². The number of alkyl halides is 3. The van der Waals surface area contributed by atoms with E-state index in [1.54, 1.807) is 12.1 Å². The molecule has 0 saturated heterocycles. The Balaban J connectivity index is 2.68. The molecule has 3 nitrogen and oxygen atoms in total. The Bertz CT molecular complexity index is 469. The van der Waals surface area contributed by atoms with E-state index in [2.05, 4.69) is 4.74 Å². The standard InChI is InChI=1S/C14H15F3O3/c1-2-10(9-18)6-11-4-3-5-12(7-11)20-13(19)8-14(15,16)17/h3-5,7,9-10H,2,6,8H2,1H3. The fourth-order valence-electron chi connectivity index (χ4n) is 1.66. The molecule has 0 aliphatic rings. The van der Waals surface area contributed by atoms with Crippen LogP contribution in [-0.4, -0.2) is 18.4 Å². The molecule has 0 radical (unpaired) electrons. The number of benzene rings is 1. The Hall–Kier alpha value is -1.85. The largest absolute Gasteiger partial charge is 0.426 e. The van der Waals surface area contributed by atoms with Crippen LogP contribution in [0.1, 0.15) is 25.3 Å². The second-order valence-electron chi connectivity index (χ2n) is 4.42. The van der Waals surface area contributed by atoms with Gasteiger partial charge in [0.1, 0.15) is 18.5 Å². The van der Waals surface area contributed by atoms with Crippen LogP contribution in [0.25, 0.3) is 0 Å². The van der Waals surface area contributed by atoms with Crippen LogP contribution >= 0.6 is 0 Å². The van der Waals surface area contributed by atoms with E-state index in [0.717, 1.165) is 11.8 Å². The van der Waals surface area contributed by atoms with Crippen molar-refractivity contribution < 1.29 is 27.5 Å². The average Bonchev–Trinajstić information content (AvgIpc) is 2.34. The lowest BCUT2D eigenvalue weighted by molar-refractivity contribution is -0.164.